The topological polar surface area (TPSA) is 88.0 Å². The number of H-pyrrole nitrogens is 1. The molecule has 7 heteroatoms. The van der Waals surface area contributed by atoms with Crippen LogP contribution in [0, 0.1) is 13.8 Å². The minimum absolute atomic E-state index is 0. The highest BCUT2D eigenvalue weighted by atomic mass is 79.9. The van der Waals surface area contributed by atoms with Crippen LogP contribution in [-0.4, -0.2) is 10.9 Å². The van der Waals surface area contributed by atoms with Gasteiger partial charge in [-0.3, -0.25) is 9.59 Å². The zero-order valence-corrected chi connectivity index (χ0v) is 16.2. The molecule has 0 aliphatic heterocycles. The number of pyridine rings is 1. The molecule has 1 amide bonds. The maximum absolute atomic E-state index is 12.5. The standard InChI is InChI=1S/C17H20BrN3O2.ClH/c1-10-8-11(2)21-15(22)14(10)9-20-16(23)17(3,19)12-4-6-13(18)7-5-12;/h4-8H,9,19H2,1-3H3,(H,20,23)(H,21,22);1H. The summed E-state index contributed by atoms with van der Waals surface area (Å²) in [5.41, 5.74) is 7.69. The van der Waals surface area contributed by atoms with Crippen LogP contribution in [0.4, 0.5) is 0 Å². The van der Waals surface area contributed by atoms with E-state index in [1.54, 1.807) is 19.1 Å². The number of aryl methyl sites for hydroxylation is 2. The third-order valence-electron chi connectivity index (χ3n) is 3.84. The fourth-order valence-electron chi connectivity index (χ4n) is 2.38. The molecule has 130 valence electrons. The fraction of sp³-hybridized carbons (Fsp3) is 0.294. The number of halogens is 2. The van der Waals surface area contributed by atoms with Crippen LogP contribution in [0.5, 0.6) is 0 Å². The summed E-state index contributed by atoms with van der Waals surface area (Å²) in [4.78, 5) is 27.2. The molecule has 0 aliphatic rings. The molecule has 0 radical (unpaired) electrons. The number of aromatic amines is 1. The number of carbonyl (C=O) groups excluding carboxylic acids is 1. The number of hydrogen-bond acceptors (Lipinski definition) is 3. The van der Waals surface area contributed by atoms with Crippen LogP contribution >= 0.6 is 28.3 Å². The molecule has 5 nitrogen and oxygen atoms in total. The van der Waals surface area contributed by atoms with Gasteiger partial charge in [0.1, 0.15) is 5.54 Å². The second-order valence-electron chi connectivity index (χ2n) is 5.83. The zero-order valence-electron chi connectivity index (χ0n) is 13.8. The lowest BCUT2D eigenvalue weighted by molar-refractivity contribution is -0.126. The molecule has 0 saturated carbocycles. The van der Waals surface area contributed by atoms with E-state index in [9.17, 15) is 9.59 Å². The van der Waals surface area contributed by atoms with Gasteiger partial charge in [0, 0.05) is 22.3 Å². The number of benzene rings is 1. The van der Waals surface area contributed by atoms with E-state index in [4.69, 9.17) is 5.73 Å². The molecule has 24 heavy (non-hydrogen) atoms. The highest BCUT2D eigenvalue weighted by Crippen LogP contribution is 2.20. The first kappa shape index (κ1) is 20.4. The van der Waals surface area contributed by atoms with Crippen molar-refractivity contribution in [2.24, 2.45) is 5.73 Å². The lowest BCUT2D eigenvalue weighted by Crippen LogP contribution is -2.49. The van der Waals surface area contributed by atoms with Crippen LogP contribution in [0.25, 0.3) is 0 Å². The number of amides is 1. The number of rotatable bonds is 4. The molecule has 1 aromatic carbocycles. The average molecular weight is 415 g/mol. The maximum Gasteiger partial charge on any atom is 0.253 e. The summed E-state index contributed by atoms with van der Waals surface area (Å²) in [6, 6.07) is 9.14. The number of carbonyl (C=O) groups is 1. The van der Waals surface area contributed by atoms with Crippen molar-refractivity contribution in [3.63, 3.8) is 0 Å². The third kappa shape index (κ3) is 4.47. The molecular weight excluding hydrogens is 394 g/mol. The Balaban J connectivity index is 0.00000288. The molecule has 4 N–H and O–H groups in total. The summed E-state index contributed by atoms with van der Waals surface area (Å²) in [5.74, 6) is -0.334. The monoisotopic (exact) mass is 413 g/mol. The van der Waals surface area contributed by atoms with Gasteiger partial charge in [0.05, 0.1) is 0 Å². The first-order valence-corrected chi connectivity index (χ1v) is 8.03. The van der Waals surface area contributed by atoms with Gasteiger partial charge in [0.15, 0.2) is 0 Å². The van der Waals surface area contributed by atoms with Crippen molar-refractivity contribution in [1.29, 1.82) is 0 Å². The molecule has 0 saturated heterocycles. The molecule has 0 bridgehead atoms. The van der Waals surface area contributed by atoms with E-state index in [2.05, 4.69) is 26.2 Å². The minimum atomic E-state index is -1.17. The van der Waals surface area contributed by atoms with Crippen LogP contribution in [0.1, 0.15) is 29.3 Å². The molecule has 1 heterocycles. The first-order valence-electron chi connectivity index (χ1n) is 7.24. The first-order chi connectivity index (χ1) is 10.7. The molecule has 0 aliphatic carbocycles. The second-order valence-corrected chi connectivity index (χ2v) is 6.75. The predicted molar refractivity (Wildman–Crippen MR) is 101 cm³/mol. The van der Waals surface area contributed by atoms with E-state index in [0.29, 0.717) is 11.1 Å². The van der Waals surface area contributed by atoms with Crippen molar-refractivity contribution < 1.29 is 4.79 Å². The van der Waals surface area contributed by atoms with Crippen LogP contribution < -0.4 is 16.6 Å². The third-order valence-corrected chi connectivity index (χ3v) is 4.36. The average Bonchev–Trinajstić information content (AvgIpc) is 2.46. The van der Waals surface area contributed by atoms with Gasteiger partial charge in [-0.25, -0.2) is 0 Å². The molecule has 2 rings (SSSR count). The number of hydrogen-bond donors (Lipinski definition) is 3. The van der Waals surface area contributed by atoms with E-state index >= 15 is 0 Å². The SMILES string of the molecule is Cc1cc(C)c(CNC(=O)C(C)(N)c2ccc(Br)cc2)c(=O)[nH]1.Cl. The summed E-state index contributed by atoms with van der Waals surface area (Å²) in [5, 5.41) is 2.76. The van der Waals surface area contributed by atoms with Crippen molar-refractivity contribution in [2.45, 2.75) is 32.9 Å². The summed E-state index contributed by atoms with van der Waals surface area (Å²) < 4.78 is 0.916. The predicted octanol–water partition coefficient (Wildman–Crippen LogP) is 2.67. The summed E-state index contributed by atoms with van der Waals surface area (Å²) in [6.07, 6.45) is 0. The van der Waals surface area contributed by atoms with Crippen molar-refractivity contribution in [1.82, 2.24) is 10.3 Å². The Morgan fingerprint density at radius 2 is 1.88 bits per heavy atom. The Labute approximate surface area is 155 Å². The van der Waals surface area contributed by atoms with Crippen molar-refractivity contribution in [2.75, 3.05) is 0 Å². The molecular formula is C17H21BrClN3O2. The number of nitrogens with one attached hydrogen (secondary N) is 2. The molecule has 2 aromatic rings. The van der Waals surface area contributed by atoms with Gasteiger partial charge < -0.3 is 16.0 Å². The van der Waals surface area contributed by atoms with Crippen LogP contribution in [-0.2, 0) is 16.9 Å². The van der Waals surface area contributed by atoms with Gasteiger partial charge in [-0.05, 0) is 50.1 Å². The van der Waals surface area contributed by atoms with Crippen LogP contribution in [0.3, 0.4) is 0 Å². The van der Waals surface area contributed by atoms with Gasteiger partial charge in [-0.2, -0.15) is 0 Å². The van der Waals surface area contributed by atoms with Gasteiger partial charge in [0.25, 0.3) is 5.56 Å². The normalized spacial score (nSPS) is 12.9. The van der Waals surface area contributed by atoms with Gasteiger partial charge in [-0.15, -0.1) is 12.4 Å². The van der Waals surface area contributed by atoms with Crippen LogP contribution in [0.15, 0.2) is 39.6 Å². The van der Waals surface area contributed by atoms with Crippen molar-refractivity contribution in [3.05, 3.63) is 67.5 Å². The Hall–Kier alpha value is -1.63. The fourth-order valence-corrected chi connectivity index (χ4v) is 2.65. The largest absolute Gasteiger partial charge is 0.350 e. The summed E-state index contributed by atoms with van der Waals surface area (Å²) in [6.45, 7) is 5.46. The van der Waals surface area contributed by atoms with Gasteiger partial charge >= 0.3 is 0 Å². The summed E-state index contributed by atoms with van der Waals surface area (Å²) >= 11 is 3.35. The van der Waals surface area contributed by atoms with E-state index in [-0.39, 0.29) is 30.4 Å². The van der Waals surface area contributed by atoms with E-state index in [1.807, 2.05) is 32.0 Å². The second kappa shape index (κ2) is 7.96. The summed E-state index contributed by atoms with van der Waals surface area (Å²) in [7, 11) is 0. The van der Waals surface area contributed by atoms with Crippen molar-refractivity contribution >= 4 is 34.2 Å². The Kier molecular flexibility index (Phi) is 6.77. The Bertz CT molecular complexity index is 785. The van der Waals surface area contributed by atoms with Crippen LogP contribution in [0.2, 0.25) is 0 Å². The lowest BCUT2D eigenvalue weighted by Gasteiger charge is -2.24. The highest BCUT2D eigenvalue weighted by Gasteiger charge is 2.30. The molecule has 1 atom stereocenters. The maximum atomic E-state index is 12.5. The highest BCUT2D eigenvalue weighted by molar-refractivity contribution is 9.10. The zero-order chi connectivity index (χ0) is 17.2. The molecule has 0 fully saturated rings. The van der Waals surface area contributed by atoms with Crippen molar-refractivity contribution in [3.8, 4) is 0 Å². The number of aromatic nitrogens is 1. The van der Waals surface area contributed by atoms with Gasteiger partial charge in [0.2, 0.25) is 5.91 Å². The number of nitrogens with two attached hydrogens (primary N) is 1. The van der Waals surface area contributed by atoms with Gasteiger partial charge in [-0.1, -0.05) is 28.1 Å². The Morgan fingerprint density at radius 3 is 2.42 bits per heavy atom. The minimum Gasteiger partial charge on any atom is -0.350 e. The molecule has 0 spiro atoms. The van der Waals surface area contributed by atoms with E-state index < -0.39 is 5.54 Å². The quantitative estimate of drug-likeness (QED) is 0.718. The lowest BCUT2D eigenvalue weighted by atomic mass is 9.92. The van der Waals surface area contributed by atoms with E-state index in [1.165, 1.54) is 0 Å². The molecule has 1 unspecified atom stereocenters. The Morgan fingerprint density at radius 1 is 1.29 bits per heavy atom. The van der Waals surface area contributed by atoms with E-state index in [0.717, 1.165) is 15.7 Å². The smallest absolute Gasteiger partial charge is 0.253 e. The molecule has 1 aromatic heterocycles.